The molecular formula is C28H38N6O4. The molecule has 1 aliphatic rings. The zero-order valence-corrected chi connectivity index (χ0v) is 22.1. The molecule has 1 heterocycles. The predicted octanol–water partition coefficient (Wildman–Crippen LogP) is 0.848. The van der Waals surface area contributed by atoms with Gasteiger partial charge in [-0.3, -0.25) is 14.4 Å². The van der Waals surface area contributed by atoms with Crippen LogP contribution in [0.4, 0.5) is 0 Å². The van der Waals surface area contributed by atoms with Crippen molar-refractivity contribution in [3.8, 4) is 11.1 Å². The fraction of sp³-hybridized carbons (Fsp3) is 0.393. The first-order chi connectivity index (χ1) is 17.9. The van der Waals surface area contributed by atoms with Crippen molar-refractivity contribution in [3.63, 3.8) is 0 Å². The fourth-order valence-electron chi connectivity index (χ4n) is 4.78. The number of aliphatic hydroxyl groups is 1. The Labute approximate surface area is 223 Å². The smallest absolute Gasteiger partial charge is 0.248 e. The van der Waals surface area contributed by atoms with Gasteiger partial charge in [-0.15, -0.1) is 0 Å². The minimum atomic E-state index is -0.996. The lowest BCUT2D eigenvalue weighted by atomic mass is 9.85. The van der Waals surface area contributed by atoms with E-state index in [0.717, 1.165) is 16.7 Å². The Morgan fingerprint density at radius 1 is 1.11 bits per heavy atom. The Morgan fingerprint density at radius 2 is 1.71 bits per heavy atom. The summed E-state index contributed by atoms with van der Waals surface area (Å²) in [5, 5.41) is 14.2. The Bertz CT molecular complexity index is 1150. The van der Waals surface area contributed by atoms with Crippen molar-refractivity contribution in [2.24, 2.45) is 22.7 Å². The standard InChI is InChI=1S/C28H38N6O4/c1-28(2,3)24(34(31)14-13-29)27(38)33-17-21(35)16-23(33)26(37)32-22(25(30)36)15-18-9-11-20(12-10-18)19-7-5-4-6-8-19/h4-14,21-24,35H,15-17,29,31H2,1-3H3,(H2,30,36)(H,32,37)/b14-13-/t21-,22-,23+,24?/m1/s1. The normalized spacial score (nSPS) is 19.2. The summed E-state index contributed by atoms with van der Waals surface area (Å²) >= 11 is 0. The lowest BCUT2D eigenvalue weighted by Gasteiger charge is -2.39. The van der Waals surface area contributed by atoms with Crippen molar-refractivity contribution in [3.05, 3.63) is 72.6 Å². The van der Waals surface area contributed by atoms with Crippen molar-refractivity contribution in [1.82, 2.24) is 15.2 Å². The minimum Gasteiger partial charge on any atom is -0.403 e. The molecule has 0 bridgehead atoms. The number of nitrogens with two attached hydrogens (primary N) is 3. The van der Waals surface area contributed by atoms with Crippen LogP contribution in [0.15, 0.2) is 67.0 Å². The van der Waals surface area contributed by atoms with Gasteiger partial charge in [-0.25, -0.2) is 5.84 Å². The number of hydrazine groups is 1. The molecule has 0 saturated carbocycles. The van der Waals surface area contributed by atoms with Crippen molar-refractivity contribution in [1.29, 1.82) is 0 Å². The van der Waals surface area contributed by atoms with E-state index < -0.39 is 47.4 Å². The number of amides is 3. The third kappa shape index (κ3) is 6.90. The molecule has 3 amide bonds. The number of nitrogens with zero attached hydrogens (tertiary/aromatic N) is 2. The molecule has 2 aromatic rings. The van der Waals surface area contributed by atoms with E-state index in [9.17, 15) is 19.5 Å². The number of hydrogen-bond acceptors (Lipinski definition) is 7. The summed E-state index contributed by atoms with van der Waals surface area (Å²) in [6, 6.07) is 14.7. The Kier molecular flexibility index (Phi) is 9.13. The van der Waals surface area contributed by atoms with Crippen molar-refractivity contribution >= 4 is 17.7 Å². The summed E-state index contributed by atoms with van der Waals surface area (Å²) in [5.74, 6) is 4.40. The van der Waals surface area contributed by atoms with Crippen LogP contribution >= 0.6 is 0 Å². The topological polar surface area (TPSA) is 168 Å². The first kappa shape index (κ1) is 28.7. The van der Waals surface area contributed by atoms with Crippen molar-refractivity contribution in [2.45, 2.75) is 57.8 Å². The SMILES string of the molecule is CC(C)(C)C(C(=O)N1C[C@H](O)C[C@H]1C(=O)N[C@H](Cc1ccc(-c2ccccc2)cc1)C(N)=O)N(N)/C=C\N. The van der Waals surface area contributed by atoms with Gasteiger partial charge in [0.05, 0.1) is 6.10 Å². The summed E-state index contributed by atoms with van der Waals surface area (Å²) in [6.07, 6.45) is 1.91. The quantitative estimate of drug-likeness (QED) is 0.240. The van der Waals surface area contributed by atoms with Crippen LogP contribution in [0.3, 0.4) is 0 Å². The van der Waals surface area contributed by atoms with E-state index in [1.165, 1.54) is 22.3 Å². The largest absolute Gasteiger partial charge is 0.403 e. The third-order valence-corrected chi connectivity index (χ3v) is 6.64. The van der Waals surface area contributed by atoms with Crippen LogP contribution in [0.25, 0.3) is 11.1 Å². The van der Waals surface area contributed by atoms with Gasteiger partial charge < -0.3 is 31.8 Å². The summed E-state index contributed by atoms with van der Waals surface area (Å²) in [6.45, 7) is 5.49. The Morgan fingerprint density at radius 3 is 2.26 bits per heavy atom. The van der Waals surface area contributed by atoms with E-state index in [2.05, 4.69) is 5.32 Å². The van der Waals surface area contributed by atoms with E-state index in [1.54, 1.807) is 0 Å². The molecule has 10 heteroatoms. The molecule has 0 spiro atoms. The number of nitrogens with one attached hydrogen (secondary N) is 1. The Balaban J connectivity index is 1.75. The molecule has 1 unspecified atom stereocenters. The number of benzene rings is 2. The molecule has 2 aromatic carbocycles. The van der Waals surface area contributed by atoms with Gasteiger partial charge in [0.1, 0.15) is 18.1 Å². The maximum absolute atomic E-state index is 13.6. The van der Waals surface area contributed by atoms with Gasteiger partial charge in [0.2, 0.25) is 17.7 Å². The lowest BCUT2D eigenvalue weighted by Crippen LogP contribution is -2.59. The molecule has 0 aliphatic carbocycles. The summed E-state index contributed by atoms with van der Waals surface area (Å²) in [7, 11) is 0. The van der Waals surface area contributed by atoms with E-state index >= 15 is 0 Å². The summed E-state index contributed by atoms with van der Waals surface area (Å²) < 4.78 is 0. The minimum absolute atomic E-state index is 0.0307. The van der Waals surface area contributed by atoms with Crippen LogP contribution in [0, 0.1) is 5.41 Å². The van der Waals surface area contributed by atoms with Crippen molar-refractivity contribution in [2.75, 3.05) is 6.54 Å². The monoisotopic (exact) mass is 522 g/mol. The maximum Gasteiger partial charge on any atom is 0.248 e. The van der Waals surface area contributed by atoms with E-state index in [0.29, 0.717) is 0 Å². The number of β-amino-alcohol motifs (C(OH)–C–C–N with tert-alkyl or cyclic N) is 1. The average Bonchev–Trinajstić information content (AvgIpc) is 3.26. The van der Waals surface area contributed by atoms with Crippen LogP contribution in [-0.4, -0.2) is 63.5 Å². The Hall–Kier alpha value is -3.89. The first-order valence-corrected chi connectivity index (χ1v) is 12.6. The van der Waals surface area contributed by atoms with Crippen molar-refractivity contribution < 1.29 is 19.5 Å². The van der Waals surface area contributed by atoms with Gasteiger partial charge in [-0.05, 0) is 22.1 Å². The molecule has 8 N–H and O–H groups in total. The second-order valence-electron chi connectivity index (χ2n) is 10.7. The number of aliphatic hydroxyl groups excluding tert-OH is 1. The number of hydrogen-bond donors (Lipinski definition) is 5. The first-order valence-electron chi connectivity index (χ1n) is 12.6. The molecule has 0 radical (unpaired) electrons. The predicted molar refractivity (Wildman–Crippen MR) is 145 cm³/mol. The van der Waals surface area contributed by atoms with Gasteiger partial charge in [0, 0.05) is 31.8 Å². The number of primary amides is 1. The summed E-state index contributed by atoms with van der Waals surface area (Å²) in [4.78, 5) is 40.5. The third-order valence-electron chi connectivity index (χ3n) is 6.64. The van der Waals surface area contributed by atoms with E-state index in [-0.39, 0.29) is 19.4 Å². The van der Waals surface area contributed by atoms with Gasteiger partial charge in [-0.2, -0.15) is 0 Å². The highest BCUT2D eigenvalue weighted by Gasteiger charge is 2.45. The van der Waals surface area contributed by atoms with Crippen LogP contribution in [-0.2, 0) is 20.8 Å². The number of carbonyl (C=O) groups excluding carboxylic acids is 3. The molecule has 4 atom stereocenters. The van der Waals surface area contributed by atoms with Crippen LogP contribution < -0.4 is 22.6 Å². The molecular weight excluding hydrogens is 484 g/mol. The van der Waals surface area contributed by atoms with Crippen LogP contribution in [0.1, 0.15) is 32.8 Å². The molecule has 1 fully saturated rings. The van der Waals surface area contributed by atoms with Crippen LogP contribution in [0.2, 0.25) is 0 Å². The zero-order chi connectivity index (χ0) is 28.0. The zero-order valence-electron chi connectivity index (χ0n) is 22.1. The lowest BCUT2D eigenvalue weighted by molar-refractivity contribution is -0.145. The second-order valence-corrected chi connectivity index (χ2v) is 10.7. The highest BCUT2D eigenvalue weighted by molar-refractivity contribution is 5.93. The number of rotatable bonds is 9. The highest BCUT2D eigenvalue weighted by Crippen LogP contribution is 2.29. The molecule has 10 nitrogen and oxygen atoms in total. The second kappa shape index (κ2) is 12.1. The molecule has 1 saturated heterocycles. The highest BCUT2D eigenvalue weighted by atomic mass is 16.3. The van der Waals surface area contributed by atoms with Gasteiger partial charge in [0.25, 0.3) is 0 Å². The molecule has 38 heavy (non-hydrogen) atoms. The molecule has 204 valence electrons. The van der Waals surface area contributed by atoms with Crippen LogP contribution in [0.5, 0.6) is 0 Å². The van der Waals surface area contributed by atoms with E-state index in [1.807, 2.05) is 75.4 Å². The maximum atomic E-state index is 13.6. The number of carbonyl (C=O) groups is 3. The molecule has 3 rings (SSSR count). The van der Waals surface area contributed by atoms with Gasteiger partial charge in [-0.1, -0.05) is 75.4 Å². The summed E-state index contributed by atoms with van der Waals surface area (Å²) in [5.41, 5.74) is 13.4. The fourth-order valence-corrected chi connectivity index (χ4v) is 4.78. The number of likely N-dealkylation sites (tertiary alicyclic amines) is 1. The average molecular weight is 523 g/mol. The molecule has 0 aromatic heterocycles. The van der Waals surface area contributed by atoms with Gasteiger partial charge in [0.15, 0.2) is 0 Å². The molecule has 1 aliphatic heterocycles. The van der Waals surface area contributed by atoms with Gasteiger partial charge >= 0.3 is 0 Å². The van der Waals surface area contributed by atoms with E-state index in [4.69, 9.17) is 17.3 Å².